The molecule has 7 rings (SSSR count). The summed E-state index contributed by atoms with van der Waals surface area (Å²) in [6, 6.07) is 11.4. The molecule has 0 amide bonds. The first-order valence-electron chi connectivity index (χ1n) is 11.9. The lowest BCUT2D eigenvalue weighted by Crippen LogP contribution is -2.77. The molecular formula is C27H26BrNO4. The van der Waals surface area contributed by atoms with Gasteiger partial charge in [0, 0.05) is 34.6 Å². The lowest BCUT2D eigenvalue weighted by Gasteiger charge is -2.62. The van der Waals surface area contributed by atoms with E-state index in [0.717, 1.165) is 40.2 Å². The van der Waals surface area contributed by atoms with Crippen LogP contribution in [0.3, 0.4) is 0 Å². The Bertz CT molecular complexity index is 1240. The summed E-state index contributed by atoms with van der Waals surface area (Å²) < 4.78 is 7.19. The van der Waals surface area contributed by atoms with Gasteiger partial charge in [0.2, 0.25) is 0 Å². The number of hydrogen-bond acceptors (Lipinski definition) is 5. The zero-order chi connectivity index (χ0) is 22.5. The monoisotopic (exact) mass is 507 g/mol. The van der Waals surface area contributed by atoms with Crippen LogP contribution >= 0.6 is 15.9 Å². The molecule has 2 saturated carbocycles. The van der Waals surface area contributed by atoms with E-state index in [1.54, 1.807) is 6.07 Å². The van der Waals surface area contributed by atoms with Gasteiger partial charge in [0.25, 0.3) is 0 Å². The number of carbonyl (C=O) groups is 1. The molecule has 2 aromatic rings. The molecule has 2 bridgehead atoms. The van der Waals surface area contributed by atoms with Gasteiger partial charge in [-0.25, -0.2) is 0 Å². The third-order valence-corrected chi connectivity index (χ3v) is 9.49. The second-order valence-electron chi connectivity index (χ2n) is 10.5. The van der Waals surface area contributed by atoms with Crippen LogP contribution in [0.15, 0.2) is 46.4 Å². The molecule has 6 heteroatoms. The number of hydrogen-bond donors (Lipinski definition) is 2. The SMILES string of the molecule is O=C1/C(=C/c2ccccc2Br)C[C@@]2(O)[C@H]3Cc4ccc(O)c5c4[C@@]2(CCN3CC2CC2)[C@H]1O5. The molecule has 2 N–H and O–H groups in total. The van der Waals surface area contributed by atoms with E-state index < -0.39 is 17.1 Å². The Balaban J connectivity index is 1.42. The van der Waals surface area contributed by atoms with Crippen LogP contribution in [0, 0.1) is 5.92 Å². The Morgan fingerprint density at radius 2 is 2.03 bits per heavy atom. The van der Waals surface area contributed by atoms with E-state index in [-0.39, 0.29) is 17.6 Å². The number of piperidine rings is 1. The van der Waals surface area contributed by atoms with Gasteiger partial charge in [0.05, 0.1) is 11.0 Å². The maximum Gasteiger partial charge on any atom is 0.200 e. The molecule has 33 heavy (non-hydrogen) atoms. The Morgan fingerprint density at radius 3 is 2.82 bits per heavy atom. The van der Waals surface area contributed by atoms with E-state index >= 15 is 0 Å². The predicted octanol–water partition coefficient (Wildman–Crippen LogP) is 3.98. The van der Waals surface area contributed by atoms with Crippen molar-refractivity contribution in [3.63, 3.8) is 0 Å². The quantitative estimate of drug-likeness (QED) is 0.614. The minimum absolute atomic E-state index is 0.0582. The van der Waals surface area contributed by atoms with Crippen LogP contribution in [0.25, 0.3) is 6.08 Å². The van der Waals surface area contributed by atoms with Gasteiger partial charge in [-0.2, -0.15) is 0 Å². The largest absolute Gasteiger partial charge is 0.504 e. The van der Waals surface area contributed by atoms with E-state index in [2.05, 4.69) is 20.8 Å². The van der Waals surface area contributed by atoms with Crippen LogP contribution in [0.2, 0.25) is 0 Å². The van der Waals surface area contributed by atoms with Gasteiger partial charge in [-0.15, -0.1) is 0 Å². The number of aromatic hydroxyl groups is 1. The number of carbonyl (C=O) groups excluding carboxylic acids is 1. The van der Waals surface area contributed by atoms with Gasteiger partial charge in [0.1, 0.15) is 0 Å². The van der Waals surface area contributed by atoms with E-state index in [1.165, 1.54) is 12.8 Å². The molecule has 4 atom stereocenters. The number of rotatable bonds is 3. The maximum absolute atomic E-state index is 13.9. The molecule has 1 saturated heterocycles. The number of halogens is 1. The van der Waals surface area contributed by atoms with Gasteiger partial charge < -0.3 is 14.9 Å². The second kappa shape index (κ2) is 6.71. The summed E-state index contributed by atoms with van der Waals surface area (Å²) in [4.78, 5) is 16.3. The first-order valence-corrected chi connectivity index (χ1v) is 12.7. The number of Topliss-reactive ketones (excluding diaryl/α,β-unsaturated/α-hetero) is 1. The average Bonchev–Trinajstić information content (AvgIpc) is 3.53. The van der Waals surface area contributed by atoms with Crippen molar-refractivity contribution in [1.82, 2.24) is 4.90 Å². The molecule has 2 aromatic carbocycles. The molecule has 0 unspecified atom stereocenters. The zero-order valence-corrected chi connectivity index (χ0v) is 19.8. The van der Waals surface area contributed by atoms with Crippen LogP contribution in [-0.4, -0.2) is 51.7 Å². The second-order valence-corrected chi connectivity index (χ2v) is 11.3. The molecule has 170 valence electrons. The summed E-state index contributed by atoms with van der Waals surface area (Å²) >= 11 is 3.59. The first-order chi connectivity index (χ1) is 15.9. The van der Waals surface area contributed by atoms with Gasteiger partial charge in [-0.3, -0.25) is 9.69 Å². The third-order valence-electron chi connectivity index (χ3n) is 8.76. The highest BCUT2D eigenvalue weighted by Crippen LogP contribution is 2.65. The zero-order valence-electron chi connectivity index (χ0n) is 18.3. The lowest BCUT2D eigenvalue weighted by molar-refractivity contribution is -0.179. The fourth-order valence-corrected chi connectivity index (χ4v) is 7.49. The molecule has 5 aliphatic rings. The van der Waals surface area contributed by atoms with Gasteiger partial charge in [-0.1, -0.05) is 40.2 Å². The van der Waals surface area contributed by atoms with Crippen LogP contribution in [0.5, 0.6) is 11.5 Å². The molecule has 2 heterocycles. The minimum atomic E-state index is -1.13. The van der Waals surface area contributed by atoms with Crippen LogP contribution in [0.4, 0.5) is 0 Å². The highest BCUT2D eigenvalue weighted by Gasteiger charge is 2.74. The van der Waals surface area contributed by atoms with Crippen LogP contribution < -0.4 is 4.74 Å². The number of likely N-dealkylation sites (tertiary alicyclic amines) is 1. The number of ketones is 1. The molecular weight excluding hydrogens is 482 g/mol. The smallest absolute Gasteiger partial charge is 0.200 e. The Morgan fingerprint density at radius 1 is 1.21 bits per heavy atom. The minimum Gasteiger partial charge on any atom is -0.504 e. The van der Waals surface area contributed by atoms with Gasteiger partial charge in [0.15, 0.2) is 23.4 Å². The molecule has 0 radical (unpaired) electrons. The summed E-state index contributed by atoms with van der Waals surface area (Å²) in [5.41, 5.74) is 1.56. The Labute approximate surface area is 201 Å². The van der Waals surface area contributed by atoms with Crippen molar-refractivity contribution in [3.8, 4) is 11.5 Å². The summed E-state index contributed by atoms with van der Waals surface area (Å²) in [5, 5.41) is 23.3. The normalized spacial score (nSPS) is 35.5. The molecule has 5 nitrogen and oxygen atoms in total. The van der Waals surface area contributed by atoms with Gasteiger partial charge in [-0.05, 0) is 67.5 Å². The number of nitrogens with zero attached hydrogens (tertiary/aromatic N) is 1. The fourth-order valence-electron chi connectivity index (χ4n) is 7.09. The number of phenols is 1. The number of ether oxygens (including phenoxy) is 1. The summed E-state index contributed by atoms with van der Waals surface area (Å²) in [5.74, 6) is 1.10. The van der Waals surface area contributed by atoms with Crippen LogP contribution in [0.1, 0.15) is 42.4 Å². The molecule has 1 spiro atoms. The number of benzene rings is 2. The van der Waals surface area contributed by atoms with Crippen molar-refractivity contribution >= 4 is 27.8 Å². The maximum atomic E-state index is 13.9. The van der Waals surface area contributed by atoms with E-state index in [0.29, 0.717) is 30.6 Å². The summed E-state index contributed by atoms with van der Waals surface area (Å²) in [7, 11) is 0. The number of phenolic OH excluding ortho intramolecular Hbond substituents is 1. The topological polar surface area (TPSA) is 70.0 Å². The Kier molecular flexibility index (Phi) is 4.12. The standard InChI is InChI=1S/C27H26BrNO4/c28-19-4-2-1-3-16(19)11-18-13-27(32)21-12-17-7-8-20(30)24-22(17)26(27,25(33-24)23(18)31)9-10-29(21)14-15-5-6-15/h1-4,7-8,11,15,21,25,30,32H,5-6,9-10,12-14H2/b18-11+/t21-,25+,26+,27-/m1/s1. The lowest BCUT2D eigenvalue weighted by atomic mass is 9.48. The molecule has 3 aliphatic carbocycles. The van der Waals surface area contributed by atoms with E-state index in [4.69, 9.17) is 4.74 Å². The van der Waals surface area contributed by atoms with Gasteiger partial charge >= 0.3 is 0 Å². The average molecular weight is 508 g/mol. The molecule has 3 fully saturated rings. The van der Waals surface area contributed by atoms with Crippen molar-refractivity contribution in [1.29, 1.82) is 0 Å². The molecule has 0 aromatic heterocycles. The van der Waals surface area contributed by atoms with Crippen molar-refractivity contribution < 1.29 is 19.7 Å². The fraction of sp³-hybridized carbons (Fsp3) is 0.444. The van der Waals surface area contributed by atoms with E-state index in [9.17, 15) is 15.0 Å². The molecule has 2 aliphatic heterocycles. The summed E-state index contributed by atoms with van der Waals surface area (Å²) in [6.45, 7) is 1.85. The van der Waals surface area contributed by atoms with E-state index in [1.807, 2.05) is 36.4 Å². The summed E-state index contributed by atoms with van der Waals surface area (Å²) in [6.07, 6.45) is 5.29. The van der Waals surface area contributed by atoms with Crippen molar-refractivity contribution in [2.75, 3.05) is 13.1 Å². The number of aliphatic hydroxyl groups is 1. The highest BCUT2D eigenvalue weighted by molar-refractivity contribution is 9.10. The predicted molar refractivity (Wildman–Crippen MR) is 127 cm³/mol. The van der Waals surface area contributed by atoms with Crippen molar-refractivity contribution in [2.24, 2.45) is 5.92 Å². The van der Waals surface area contributed by atoms with Crippen LogP contribution in [-0.2, 0) is 16.6 Å². The first kappa shape index (κ1) is 20.2. The van der Waals surface area contributed by atoms with Crippen molar-refractivity contribution in [3.05, 3.63) is 63.1 Å². The third kappa shape index (κ3) is 2.57. The Hall–Kier alpha value is -2.15. The highest BCUT2D eigenvalue weighted by atomic mass is 79.9. The van der Waals surface area contributed by atoms with Crippen molar-refractivity contribution in [2.45, 2.75) is 55.3 Å².